The lowest BCUT2D eigenvalue weighted by molar-refractivity contribution is -0.140. The Balaban J connectivity index is 1.78. The van der Waals surface area contributed by atoms with Gasteiger partial charge in [-0.25, -0.2) is 0 Å². The van der Waals surface area contributed by atoms with Crippen LogP contribution >= 0.6 is 0 Å². The number of Topliss-reactive ketones (excluding diaryl/α,β-unsaturated/α-hetero) is 1. The van der Waals surface area contributed by atoms with Crippen LogP contribution in [0.4, 0.5) is 0 Å². The quantitative estimate of drug-likeness (QED) is 0.173. The van der Waals surface area contributed by atoms with E-state index in [-0.39, 0.29) is 17.9 Å². The monoisotopic (exact) mass is 473 g/mol. The second kappa shape index (κ2) is 10.6. The second-order valence-corrected chi connectivity index (χ2v) is 9.06. The molecule has 1 aromatic heterocycles. The first kappa shape index (κ1) is 24.3. The number of hydrogen-bond donors (Lipinski definition) is 1. The van der Waals surface area contributed by atoms with Crippen LogP contribution in [0.15, 0.2) is 76.9 Å². The Morgan fingerprint density at radius 3 is 2.51 bits per heavy atom. The lowest BCUT2D eigenvalue weighted by atomic mass is 9.93. The van der Waals surface area contributed by atoms with Crippen LogP contribution < -0.4 is 4.74 Å². The number of carbonyl (C=O) groups excluding carboxylic acids is 2. The van der Waals surface area contributed by atoms with E-state index in [1.54, 1.807) is 30.3 Å². The molecular formula is C29H31NO5. The maximum absolute atomic E-state index is 13.2. The third-order valence-electron chi connectivity index (χ3n) is 6.24. The number of rotatable bonds is 9. The number of benzene rings is 2. The molecule has 2 aromatic carbocycles. The molecule has 1 unspecified atom stereocenters. The van der Waals surface area contributed by atoms with Gasteiger partial charge in [0.1, 0.15) is 17.3 Å². The molecule has 1 N–H and O–H groups in total. The number of likely N-dealkylation sites (tertiary alicyclic amines) is 1. The maximum Gasteiger partial charge on any atom is 0.296 e. The number of furan rings is 1. The van der Waals surface area contributed by atoms with Crippen LogP contribution in [0.3, 0.4) is 0 Å². The number of nitrogens with zero attached hydrogens (tertiary/aromatic N) is 1. The normalized spacial score (nSPS) is 17.4. The third-order valence-corrected chi connectivity index (χ3v) is 6.24. The fourth-order valence-electron chi connectivity index (χ4n) is 4.25. The summed E-state index contributed by atoms with van der Waals surface area (Å²) in [5.74, 6) is -0.106. The first-order valence-electron chi connectivity index (χ1n) is 12.0. The van der Waals surface area contributed by atoms with Gasteiger partial charge >= 0.3 is 0 Å². The molecule has 2 heterocycles. The van der Waals surface area contributed by atoms with Gasteiger partial charge in [-0.1, -0.05) is 63.6 Å². The van der Waals surface area contributed by atoms with Crippen molar-refractivity contribution in [1.82, 2.24) is 4.90 Å². The zero-order valence-electron chi connectivity index (χ0n) is 20.4. The average molecular weight is 474 g/mol. The van der Waals surface area contributed by atoms with Crippen LogP contribution in [0.2, 0.25) is 0 Å². The van der Waals surface area contributed by atoms with Crippen molar-refractivity contribution < 1.29 is 23.8 Å². The van der Waals surface area contributed by atoms with E-state index < -0.39 is 17.7 Å². The Hall–Kier alpha value is -3.80. The summed E-state index contributed by atoms with van der Waals surface area (Å²) in [5, 5.41) is 11.3. The molecule has 3 aromatic rings. The summed E-state index contributed by atoms with van der Waals surface area (Å²) in [6.07, 6.45) is 3.46. The molecule has 182 valence electrons. The summed E-state index contributed by atoms with van der Waals surface area (Å²) in [5.41, 5.74) is 2.38. The van der Waals surface area contributed by atoms with E-state index in [0.29, 0.717) is 29.6 Å². The molecule has 35 heavy (non-hydrogen) atoms. The number of ether oxygens (including phenoxy) is 1. The molecule has 1 fully saturated rings. The van der Waals surface area contributed by atoms with Crippen LogP contribution in [0.1, 0.15) is 68.0 Å². The van der Waals surface area contributed by atoms with Crippen molar-refractivity contribution in [1.29, 1.82) is 0 Å². The van der Waals surface area contributed by atoms with E-state index >= 15 is 0 Å². The first-order chi connectivity index (χ1) is 16.9. The summed E-state index contributed by atoms with van der Waals surface area (Å²) in [6.45, 7) is 6.98. The van der Waals surface area contributed by atoms with Crippen molar-refractivity contribution in [3.8, 4) is 5.75 Å². The molecule has 0 saturated carbocycles. The summed E-state index contributed by atoms with van der Waals surface area (Å²) < 4.78 is 11.2. The largest absolute Gasteiger partial charge is 0.507 e. The fraction of sp³-hybridized carbons (Fsp3) is 0.310. The Kier molecular flexibility index (Phi) is 7.39. The molecule has 0 radical (unpaired) electrons. The Bertz CT molecular complexity index is 1210. The smallest absolute Gasteiger partial charge is 0.296 e. The number of hydrogen-bond acceptors (Lipinski definition) is 5. The minimum atomic E-state index is -0.744. The van der Waals surface area contributed by atoms with Gasteiger partial charge in [0.15, 0.2) is 0 Å². The Labute approximate surface area is 205 Å². The second-order valence-electron chi connectivity index (χ2n) is 9.06. The molecule has 1 aliphatic rings. The van der Waals surface area contributed by atoms with Crippen LogP contribution in [0.25, 0.3) is 5.76 Å². The molecule has 0 bridgehead atoms. The van der Waals surface area contributed by atoms with Gasteiger partial charge in [-0.05, 0) is 47.7 Å². The van der Waals surface area contributed by atoms with Crippen molar-refractivity contribution in [2.24, 2.45) is 0 Å². The summed E-state index contributed by atoms with van der Waals surface area (Å²) in [4.78, 5) is 27.8. The SMILES string of the molecule is CCCCOc1cccc(/C(O)=C2\C(=O)C(=O)N(Cc3ccco3)C2c2ccc(C(C)C)cc2)c1. The van der Waals surface area contributed by atoms with E-state index in [0.717, 1.165) is 24.0 Å². The summed E-state index contributed by atoms with van der Waals surface area (Å²) in [7, 11) is 0. The number of carbonyl (C=O) groups is 2. The molecule has 0 spiro atoms. The molecule has 0 aliphatic carbocycles. The number of ketones is 1. The fourth-order valence-corrected chi connectivity index (χ4v) is 4.25. The van der Waals surface area contributed by atoms with E-state index in [2.05, 4.69) is 20.8 Å². The number of unbranched alkanes of at least 4 members (excludes halogenated alkanes) is 1. The molecule has 1 amide bonds. The summed E-state index contributed by atoms with van der Waals surface area (Å²) >= 11 is 0. The van der Waals surface area contributed by atoms with Crippen LogP contribution in [-0.4, -0.2) is 28.3 Å². The highest BCUT2D eigenvalue weighted by molar-refractivity contribution is 6.46. The van der Waals surface area contributed by atoms with Crippen molar-refractivity contribution in [2.45, 2.75) is 52.1 Å². The third kappa shape index (κ3) is 5.16. The van der Waals surface area contributed by atoms with Crippen molar-refractivity contribution >= 4 is 17.4 Å². The highest BCUT2D eigenvalue weighted by Gasteiger charge is 2.46. The van der Waals surface area contributed by atoms with Gasteiger partial charge in [0.05, 0.1) is 31.0 Å². The molecule has 6 nitrogen and oxygen atoms in total. The standard InChI is InChI=1S/C29H31NO5/c1-4-5-15-34-23-9-6-8-22(17-23)27(31)25-26(21-13-11-20(12-14-21)19(2)3)30(29(33)28(25)32)18-24-10-7-16-35-24/h6-14,16-17,19,26,31H,4-5,15,18H2,1-3H3/b27-25+. The van der Waals surface area contributed by atoms with Crippen molar-refractivity contribution in [3.63, 3.8) is 0 Å². The molecule has 1 saturated heterocycles. The number of aliphatic hydroxyl groups excluding tert-OH is 1. The molecule has 1 atom stereocenters. The first-order valence-corrected chi connectivity index (χ1v) is 12.0. The highest BCUT2D eigenvalue weighted by atomic mass is 16.5. The van der Waals surface area contributed by atoms with Crippen LogP contribution in [-0.2, 0) is 16.1 Å². The van der Waals surface area contributed by atoms with E-state index in [9.17, 15) is 14.7 Å². The molecule has 6 heteroatoms. The maximum atomic E-state index is 13.2. The van der Waals surface area contributed by atoms with Gasteiger partial charge in [-0.3, -0.25) is 9.59 Å². The lowest BCUT2D eigenvalue weighted by Gasteiger charge is -2.25. The van der Waals surface area contributed by atoms with Gasteiger partial charge < -0.3 is 19.2 Å². The number of amides is 1. The van der Waals surface area contributed by atoms with Gasteiger partial charge in [-0.15, -0.1) is 0 Å². The van der Waals surface area contributed by atoms with Gasteiger partial charge in [-0.2, -0.15) is 0 Å². The Morgan fingerprint density at radius 1 is 1.09 bits per heavy atom. The van der Waals surface area contributed by atoms with Gasteiger partial charge in [0, 0.05) is 5.56 Å². The van der Waals surface area contributed by atoms with Gasteiger partial charge in [0.25, 0.3) is 11.7 Å². The predicted octanol–water partition coefficient (Wildman–Crippen LogP) is 6.20. The van der Waals surface area contributed by atoms with Crippen molar-refractivity contribution in [3.05, 3.63) is 95.0 Å². The Morgan fingerprint density at radius 2 is 1.86 bits per heavy atom. The zero-order chi connectivity index (χ0) is 24.9. The predicted molar refractivity (Wildman–Crippen MR) is 134 cm³/mol. The zero-order valence-corrected chi connectivity index (χ0v) is 20.4. The minimum Gasteiger partial charge on any atom is -0.507 e. The molecular weight excluding hydrogens is 442 g/mol. The topological polar surface area (TPSA) is 80.0 Å². The number of aliphatic hydroxyl groups is 1. The average Bonchev–Trinajstić information content (AvgIpc) is 3.46. The molecule has 1 aliphatic heterocycles. The van der Waals surface area contributed by atoms with Crippen LogP contribution in [0, 0.1) is 0 Å². The van der Waals surface area contributed by atoms with Crippen LogP contribution in [0.5, 0.6) is 5.75 Å². The van der Waals surface area contributed by atoms with E-state index in [4.69, 9.17) is 9.15 Å². The summed E-state index contributed by atoms with van der Waals surface area (Å²) in [6, 6.07) is 17.6. The van der Waals surface area contributed by atoms with E-state index in [1.165, 1.54) is 11.2 Å². The van der Waals surface area contributed by atoms with Gasteiger partial charge in [0.2, 0.25) is 0 Å². The lowest BCUT2D eigenvalue weighted by Crippen LogP contribution is -2.29. The highest BCUT2D eigenvalue weighted by Crippen LogP contribution is 2.41. The minimum absolute atomic E-state index is 0.0598. The van der Waals surface area contributed by atoms with Crippen molar-refractivity contribution in [2.75, 3.05) is 6.61 Å². The van der Waals surface area contributed by atoms with E-state index in [1.807, 2.05) is 30.3 Å². The molecule has 4 rings (SSSR count).